The fourth-order valence-electron chi connectivity index (χ4n) is 0.786. The Labute approximate surface area is 62.8 Å². The number of nitriles is 1. The van der Waals surface area contributed by atoms with Gasteiger partial charge in [-0.1, -0.05) is 0 Å². The summed E-state index contributed by atoms with van der Waals surface area (Å²) in [6.07, 6.45) is 0. The van der Waals surface area contributed by atoms with Crippen LogP contribution in [0, 0.1) is 11.3 Å². The van der Waals surface area contributed by atoms with Crippen LogP contribution in [0.5, 0.6) is 0 Å². The second-order valence-electron chi connectivity index (χ2n) is 2.35. The summed E-state index contributed by atoms with van der Waals surface area (Å²) in [5, 5.41) is 11.7. The van der Waals surface area contributed by atoms with Crippen LogP contribution in [0.4, 0.5) is 0 Å². The molecule has 1 aromatic heterocycles. The molecule has 0 saturated carbocycles. The van der Waals surface area contributed by atoms with E-state index in [1.54, 1.807) is 19.9 Å². The van der Waals surface area contributed by atoms with Crippen LogP contribution in [0.15, 0.2) is 9.32 Å². The van der Waals surface area contributed by atoms with E-state index in [0.717, 1.165) is 0 Å². The Morgan fingerprint density at radius 3 is 2.73 bits per heavy atom. The molecule has 0 aliphatic heterocycles. The fraction of sp³-hybridized carbons (Fsp3) is 0.500. The number of hydrogen-bond acceptors (Lipinski definition) is 4. The molecule has 1 rings (SSSR count). The van der Waals surface area contributed by atoms with Crippen LogP contribution < -0.4 is 5.76 Å². The van der Waals surface area contributed by atoms with E-state index in [4.69, 9.17) is 5.26 Å². The first-order valence-corrected chi connectivity index (χ1v) is 3.15. The van der Waals surface area contributed by atoms with Crippen molar-refractivity contribution in [1.29, 1.82) is 5.26 Å². The molecule has 0 aliphatic carbocycles. The Morgan fingerprint density at radius 1 is 1.73 bits per heavy atom. The van der Waals surface area contributed by atoms with Crippen molar-refractivity contribution in [2.45, 2.75) is 19.9 Å². The SMILES string of the molecule is CC(C)n1c(C#N)noc1=O. The van der Waals surface area contributed by atoms with E-state index < -0.39 is 5.76 Å². The van der Waals surface area contributed by atoms with Crippen LogP contribution in [0.25, 0.3) is 0 Å². The molecule has 1 heterocycles. The summed E-state index contributed by atoms with van der Waals surface area (Å²) in [6, 6.07) is 1.66. The highest BCUT2D eigenvalue weighted by Crippen LogP contribution is 2.01. The highest BCUT2D eigenvalue weighted by Gasteiger charge is 2.11. The number of hydrogen-bond donors (Lipinski definition) is 0. The van der Waals surface area contributed by atoms with Gasteiger partial charge in [-0.05, 0) is 19.0 Å². The van der Waals surface area contributed by atoms with Crippen molar-refractivity contribution in [2.24, 2.45) is 0 Å². The molecule has 11 heavy (non-hydrogen) atoms. The van der Waals surface area contributed by atoms with Gasteiger partial charge < -0.3 is 0 Å². The first-order chi connectivity index (χ1) is 5.16. The van der Waals surface area contributed by atoms with Gasteiger partial charge in [0.2, 0.25) is 0 Å². The van der Waals surface area contributed by atoms with Gasteiger partial charge in [-0.3, -0.25) is 4.52 Å². The lowest BCUT2D eigenvalue weighted by Crippen LogP contribution is -2.17. The van der Waals surface area contributed by atoms with E-state index in [1.807, 2.05) is 0 Å². The topological polar surface area (TPSA) is 71.8 Å². The number of nitrogens with zero attached hydrogens (tertiary/aromatic N) is 3. The van der Waals surface area contributed by atoms with Gasteiger partial charge in [-0.15, -0.1) is 0 Å². The largest absolute Gasteiger partial charge is 0.442 e. The Morgan fingerprint density at radius 2 is 2.36 bits per heavy atom. The average Bonchev–Trinajstić information content (AvgIpc) is 2.30. The van der Waals surface area contributed by atoms with Crippen LogP contribution in [0.1, 0.15) is 25.7 Å². The lowest BCUT2D eigenvalue weighted by Gasteiger charge is -2.01. The van der Waals surface area contributed by atoms with E-state index in [2.05, 4.69) is 9.68 Å². The van der Waals surface area contributed by atoms with Gasteiger partial charge in [0.05, 0.1) is 0 Å². The van der Waals surface area contributed by atoms with Gasteiger partial charge >= 0.3 is 5.76 Å². The zero-order chi connectivity index (χ0) is 8.43. The van der Waals surface area contributed by atoms with Gasteiger partial charge in [-0.2, -0.15) is 5.26 Å². The first kappa shape index (κ1) is 7.54. The summed E-state index contributed by atoms with van der Waals surface area (Å²) in [4.78, 5) is 10.8. The van der Waals surface area contributed by atoms with E-state index in [9.17, 15) is 4.79 Å². The lowest BCUT2D eigenvalue weighted by molar-refractivity contribution is 0.369. The Bertz CT molecular complexity index is 341. The van der Waals surface area contributed by atoms with Crippen LogP contribution >= 0.6 is 0 Å². The maximum atomic E-state index is 10.8. The molecule has 0 atom stereocenters. The molecule has 0 aliphatic rings. The zero-order valence-corrected chi connectivity index (χ0v) is 6.24. The van der Waals surface area contributed by atoms with E-state index in [1.165, 1.54) is 4.57 Å². The number of aromatic nitrogens is 2. The minimum absolute atomic E-state index is 0.0185. The molecule has 0 fully saturated rings. The Kier molecular flexibility index (Phi) is 1.77. The molecule has 0 bridgehead atoms. The lowest BCUT2D eigenvalue weighted by atomic mass is 10.4. The van der Waals surface area contributed by atoms with Crippen molar-refractivity contribution in [3.63, 3.8) is 0 Å². The highest BCUT2D eigenvalue weighted by molar-refractivity contribution is 5.07. The van der Waals surface area contributed by atoms with E-state index in [-0.39, 0.29) is 11.9 Å². The van der Waals surface area contributed by atoms with E-state index >= 15 is 0 Å². The van der Waals surface area contributed by atoms with Crippen molar-refractivity contribution in [3.05, 3.63) is 16.4 Å². The molecule has 0 saturated heterocycles. The molecular formula is C6H7N3O2. The van der Waals surface area contributed by atoms with Gasteiger partial charge in [-0.25, -0.2) is 9.36 Å². The van der Waals surface area contributed by atoms with Gasteiger partial charge in [0.25, 0.3) is 5.82 Å². The minimum Gasteiger partial charge on any atom is -0.295 e. The second kappa shape index (κ2) is 2.58. The summed E-state index contributed by atoms with van der Waals surface area (Å²) in [6.45, 7) is 3.55. The first-order valence-electron chi connectivity index (χ1n) is 3.15. The molecule has 0 amide bonds. The van der Waals surface area contributed by atoms with Gasteiger partial charge in [0.15, 0.2) is 0 Å². The van der Waals surface area contributed by atoms with Crippen LogP contribution in [0.3, 0.4) is 0 Å². The molecule has 58 valence electrons. The molecule has 0 radical (unpaired) electrons. The molecule has 0 aromatic carbocycles. The molecule has 5 nitrogen and oxygen atoms in total. The van der Waals surface area contributed by atoms with Crippen molar-refractivity contribution in [2.75, 3.05) is 0 Å². The predicted octanol–water partition coefficient (Wildman–Crippen LogP) is 0.289. The van der Waals surface area contributed by atoms with Gasteiger partial charge in [0, 0.05) is 6.04 Å². The maximum Gasteiger partial charge on any atom is 0.442 e. The van der Waals surface area contributed by atoms with Crippen molar-refractivity contribution in [3.8, 4) is 6.07 Å². The summed E-state index contributed by atoms with van der Waals surface area (Å²) >= 11 is 0. The van der Waals surface area contributed by atoms with Crippen molar-refractivity contribution in [1.82, 2.24) is 9.72 Å². The summed E-state index contributed by atoms with van der Waals surface area (Å²) < 4.78 is 5.48. The third-order valence-corrected chi connectivity index (χ3v) is 1.25. The summed E-state index contributed by atoms with van der Waals surface area (Å²) in [5.41, 5.74) is 0. The number of rotatable bonds is 1. The Balaban J connectivity index is 3.32. The van der Waals surface area contributed by atoms with Crippen LogP contribution in [-0.2, 0) is 0 Å². The van der Waals surface area contributed by atoms with Crippen LogP contribution in [0.2, 0.25) is 0 Å². The smallest absolute Gasteiger partial charge is 0.295 e. The third-order valence-electron chi connectivity index (χ3n) is 1.25. The molecule has 1 aromatic rings. The monoisotopic (exact) mass is 153 g/mol. The van der Waals surface area contributed by atoms with E-state index in [0.29, 0.717) is 0 Å². The highest BCUT2D eigenvalue weighted by atomic mass is 16.5. The van der Waals surface area contributed by atoms with Crippen LogP contribution in [-0.4, -0.2) is 9.72 Å². The zero-order valence-electron chi connectivity index (χ0n) is 6.24. The summed E-state index contributed by atoms with van der Waals surface area (Å²) in [5.74, 6) is -0.568. The molecule has 0 spiro atoms. The molecule has 5 heteroatoms. The van der Waals surface area contributed by atoms with Crippen molar-refractivity contribution < 1.29 is 4.52 Å². The molecular weight excluding hydrogens is 146 g/mol. The maximum absolute atomic E-state index is 10.8. The average molecular weight is 153 g/mol. The normalized spacial score (nSPS) is 10.0. The molecule has 0 N–H and O–H groups in total. The second-order valence-corrected chi connectivity index (χ2v) is 2.35. The van der Waals surface area contributed by atoms with Gasteiger partial charge in [0.1, 0.15) is 6.07 Å². The molecule has 0 unspecified atom stereocenters. The third kappa shape index (κ3) is 1.15. The Hall–Kier alpha value is -1.57. The minimum atomic E-state index is -0.587. The predicted molar refractivity (Wildman–Crippen MR) is 35.9 cm³/mol. The summed E-state index contributed by atoms with van der Waals surface area (Å²) in [7, 11) is 0. The van der Waals surface area contributed by atoms with Crippen molar-refractivity contribution >= 4 is 0 Å². The fourth-order valence-corrected chi connectivity index (χ4v) is 0.786. The quantitative estimate of drug-likeness (QED) is 0.581. The standard InChI is InChI=1S/C6H7N3O2/c1-4(2)9-5(3-7)8-11-6(9)10/h4H,1-2H3.